The Balaban J connectivity index is 1.21. The first-order valence-corrected chi connectivity index (χ1v) is 33.4. The summed E-state index contributed by atoms with van der Waals surface area (Å²) in [5.41, 5.74) is 17.8. The molecule has 2 aliphatic carbocycles. The van der Waals surface area contributed by atoms with Crippen molar-refractivity contribution in [2.75, 3.05) is 9.80 Å². The van der Waals surface area contributed by atoms with E-state index in [1.165, 1.54) is 75.1 Å². The summed E-state index contributed by atoms with van der Waals surface area (Å²) in [5, 5.41) is 7.60. The molecule has 3 nitrogen and oxygen atoms in total. The van der Waals surface area contributed by atoms with E-state index in [2.05, 4.69) is 267 Å². The van der Waals surface area contributed by atoms with E-state index >= 15 is 0 Å². The van der Waals surface area contributed by atoms with Crippen molar-refractivity contribution in [1.29, 1.82) is 0 Å². The summed E-state index contributed by atoms with van der Waals surface area (Å²) in [5.74, 6) is 0. The fourth-order valence-electron chi connectivity index (χ4n) is 12.4. The molecule has 0 radical (unpaired) electrons. The SMILES string of the molecule is C[Si](C)(C)c1ccc(N(c2ccccc2)c2cc3c(oc4ccccc43)c3c2-c2c(cc(N(c4ccccc4)c4ccc([Si](C)(C)C)cc4)c4c2sc2ccccc24)C32c3ccccc3-c3ccccc32)cc1. The number of hydrogen-bond acceptors (Lipinski definition) is 4. The lowest BCUT2D eigenvalue weighted by molar-refractivity contribution is 0.652. The second kappa shape index (κ2) is 16.1. The molecule has 1 spiro atoms. The summed E-state index contributed by atoms with van der Waals surface area (Å²) >= 11 is 1.92. The molecule has 12 aromatic rings. The van der Waals surface area contributed by atoms with Gasteiger partial charge in [0.1, 0.15) is 11.2 Å². The Kier molecular flexibility index (Phi) is 9.72. The largest absolute Gasteiger partial charge is 0.456 e. The molecule has 352 valence electrons. The number of rotatable bonds is 8. The fourth-order valence-corrected chi connectivity index (χ4v) is 16.0. The fraction of sp³-hybridized carbons (Fsp3) is 0.104. The first kappa shape index (κ1) is 44.0. The zero-order chi connectivity index (χ0) is 49.4. The molecule has 0 unspecified atom stereocenters. The van der Waals surface area contributed by atoms with E-state index in [-0.39, 0.29) is 0 Å². The molecular weight excluding hydrogens is 937 g/mol. The molecule has 2 aromatic heterocycles. The summed E-state index contributed by atoms with van der Waals surface area (Å²) < 4.78 is 9.98. The van der Waals surface area contributed by atoms with Crippen molar-refractivity contribution < 1.29 is 4.42 Å². The Morgan fingerprint density at radius 2 is 0.890 bits per heavy atom. The highest BCUT2D eigenvalue weighted by Crippen LogP contribution is 2.69. The minimum atomic E-state index is -1.62. The van der Waals surface area contributed by atoms with E-state index in [1.807, 2.05) is 11.3 Å². The lowest BCUT2D eigenvalue weighted by Crippen LogP contribution is -2.37. The summed E-state index contributed by atoms with van der Waals surface area (Å²) in [7, 11) is -3.21. The zero-order valence-corrected chi connectivity index (χ0v) is 44.8. The Hall–Kier alpha value is -7.75. The van der Waals surface area contributed by atoms with E-state index in [4.69, 9.17) is 4.42 Å². The number of furan rings is 1. The molecule has 10 aromatic carbocycles. The standard InChI is InChI=1S/C67H54N2OSSi2/c1-72(2,3)47-37-33-45(34-38-47)68(43-21-9-7-10-22-43)57-41-53-51-27-15-19-31-59(51)70-65(53)64-63(57)62-56(67(64)54-29-17-13-25-49(54)50-26-14-18-30-55(50)67)42-58(61-52-28-16-20-32-60(52)71-66(61)62)69(44-23-11-8-12-24-44)46-35-39-48(40-36-46)73(4,5)6/h7-42H,1-6H3. The van der Waals surface area contributed by atoms with Gasteiger partial charge in [-0.15, -0.1) is 11.3 Å². The molecule has 14 rings (SSSR count). The van der Waals surface area contributed by atoms with Crippen molar-refractivity contribution in [2.24, 2.45) is 0 Å². The molecule has 0 amide bonds. The van der Waals surface area contributed by atoms with Crippen LogP contribution in [0.3, 0.4) is 0 Å². The number of nitrogens with zero attached hydrogens (tertiary/aromatic N) is 2. The van der Waals surface area contributed by atoms with E-state index in [1.54, 1.807) is 0 Å². The Labute approximate surface area is 433 Å². The molecule has 2 heterocycles. The van der Waals surface area contributed by atoms with Gasteiger partial charge in [0.15, 0.2) is 0 Å². The maximum atomic E-state index is 7.45. The third kappa shape index (κ3) is 6.47. The second-order valence-electron chi connectivity index (χ2n) is 22.0. The maximum Gasteiger partial charge on any atom is 0.140 e. The van der Waals surface area contributed by atoms with Crippen LogP contribution in [0.5, 0.6) is 0 Å². The van der Waals surface area contributed by atoms with E-state index in [9.17, 15) is 0 Å². The summed E-state index contributed by atoms with van der Waals surface area (Å²) in [6, 6.07) is 82.2. The topological polar surface area (TPSA) is 19.6 Å². The molecule has 0 fully saturated rings. The molecule has 0 aliphatic heterocycles. The molecular formula is C67H54N2OSSi2. The number of thiophene rings is 1. The van der Waals surface area contributed by atoms with Gasteiger partial charge in [-0.2, -0.15) is 0 Å². The van der Waals surface area contributed by atoms with Crippen molar-refractivity contribution in [1.82, 2.24) is 0 Å². The van der Waals surface area contributed by atoms with Crippen LogP contribution < -0.4 is 20.2 Å². The van der Waals surface area contributed by atoms with Crippen LogP contribution in [-0.4, -0.2) is 16.1 Å². The summed E-state index contributed by atoms with van der Waals surface area (Å²) in [6.45, 7) is 14.6. The lowest BCUT2D eigenvalue weighted by Gasteiger charge is -2.33. The van der Waals surface area contributed by atoms with Crippen LogP contribution in [0.1, 0.15) is 22.3 Å². The minimum Gasteiger partial charge on any atom is -0.456 e. The number of para-hydroxylation sites is 3. The number of anilines is 6. The van der Waals surface area contributed by atoms with E-state index in [0.29, 0.717) is 0 Å². The molecule has 0 atom stereocenters. The molecule has 0 N–H and O–H groups in total. The van der Waals surface area contributed by atoms with Crippen molar-refractivity contribution in [3.05, 3.63) is 241 Å². The molecule has 73 heavy (non-hydrogen) atoms. The first-order chi connectivity index (χ1) is 35.5. The Morgan fingerprint density at radius 1 is 0.411 bits per heavy atom. The number of fused-ring (bicyclic) bond motifs is 18. The average molecular weight is 991 g/mol. The van der Waals surface area contributed by atoms with Crippen molar-refractivity contribution >= 4 is 114 Å². The molecule has 0 bridgehead atoms. The molecule has 0 saturated heterocycles. The van der Waals surface area contributed by atoms with Crippen molar-refractivity contribution in [3.63, 3.8) is 0 Å². The van der Waals surface area contributed by atoms with Crippen LogP contribution in [-0.2, 0) is 5.41 Å². The Morgan fingerprint density at radius 3 is 1.47 bits per heavy atom. The lowest BCUT2D eigenvalue weighted by atomic mass is 9.70. The van der Waals surface area contributed by atoms with Gasteiger partial charge in [-0.05, 0) is 101 Å². The highest BCUT2D eigenvalue weighted by molar-refractivity contribution is 7.26. The third-order valence-corrected chi connectivity index (χ3v) is 21.1. The van der Waals surface area contributed by atoms with Gasteiger partial charge in [0, 0.05) is 70.4 Å². The quantitative estimate of drug-likeness (QED) is 0.141. The number of hydrogen-bond donors (Lipinski definition) is 0. The van der Waals surface area contributed by atoms with Crippen molar-refractivity contribution in [3.8, 4) is 22.3 Å². The maximum absolute atomic E-state index is 7.45. The number of benzene rings is 10. The highest BCUT2D eigenvalue weighted by atomic mass is 32.1. The predicted molar refractivity (Wildman–Crippen MR) is 318 cm³/mol. The van der Waals surface area contributed by atoms with Gasteiger partial charge < -0.3 is 14.2 Å². The van der Waals surface area contributed by atoms with Gasteiger partial charge >= 0.3 is 0 Å². The van der Waals surface area contributed by atoms with E-state index in [0.717, 1.165) is 56.1 Å². The zero-order valence-electron chi connectivity index (χ0n) is 42.0. The van der Waals surface area contributed by atoms with Crippen LogP contribution in [0.4, 0.5) is 34.1 Å². The normalized spacial score (nSPS) is 13.5. The second-order valence-corrected chi connectivity index (χ2v) is 33.2. The molecule has 0 saturated carbocycles. The van der Waals surface area contributed by atoms with Crippen LogP contribution in [0.25, 0.3) is 64.4 Å². The average Bonchev–Trinajstić information content (AvgIpc) is 4.18. The van der Waals surface area contributed by atoms with Gasteiger partial charge in [0.05, 0.1) is 32.9 Å². The summed E-state index contributed by atoms with van der Waals surface area (Å²) in [4.78, 5) is 5.07. The monoisotopic (exact) mass is 990 g/mol. The smallest absolute Gasteiger partial charge is 0.140 e. The minimum absolute atomic E-state index is 0.771. The predicted octanol–water partition coefficient (Wildman–Crippen LogP) is 18.3. The van der Waals surface area contributed by atoms with E-state index < -0.39 is 21.6 Å². The van der Waals surface area contributed by atoms with Gasteiger partial charge in [-0.1, -0.05) is 195 Å². The Bertz CT molecular complexity index is 4120. The van der Waals surface area contributed by atoms with Crippen LogP contribution >= 0.6 is 11.3 Å². The first-order valence-electron chi connectivity index (χ1n) is 25.6. The molecule has 2 aliphatic rings. The molecule has 6 heteroatoms. The van der Waals surface area contributed by atoms with Crippen LogP contribution in [0.15, 0.2) is 223 Å². The highest BCUT2D eigenvalue weighted by Gasteiger charge is 2.56. The van der Waals surface area contributed by atoms with Crippen LogP contribution in [0.2, 0.25) is 39.3 Å². The van der Waals surface area contributed by atoms with Crippen molar-refractivity contribution in [2.45, 2.75) is 44.7 Å². The van der Waals surface area contributed by atoms with Gasteiger partial charge in [-0.25, -0.2) is 0 Å². The van der Waals surface area contributed by atoms with Gasteiger partial charge in [0.25, 0.3) is 0 Å². The van der Waals surface area contributed by atoms with Gasteiger partial charge in [0.2, 0.25) is 0 Å². The van der Waals surface area contributed by atoms with Gasteiger partial charge in [-0.3, -0.25) is 0 Å². The third-order valence-electron chi connectivity index (χ3n) is 15.8. The van der Waals surface area contributed by atoms with Crippen LogP contribution in [0, 0.1) is 0 Å². The summed E-state index contributed by atoms with van der Waals surface area (Å²) in [6.07, 6.45) is 0.